The van der Waals surface area contributed by atoms with E-state index in [2.05, 4.69) is 42.7 Å². The normalized spacial score (nSPS) is 10.5. The van der Waals surface area contributed by atoms with E-state index < -0.39 is 0 Å². The molecule has 0 aliphatic carbocycles. The van der Waals surface area contributed by atoms with E-state index in [9.17, 15) is 4.79 Å². The van der Waals surface area contributed by atoms with Gasteiger partial charge in [0, 0.05) is 23.0 Å². The number of aryl methyl sites for hydroxylation is 2. The highest BCUT2D eigenvalue weighted by atomic mass is 16.1. The van der Waals surface area contributed by atoms with Crippen LogP contribution in [0.2, 0.25) is 0 Å². The lowest BCUT2D eigenvalue weighted by molar-refractivity contribution is -0.118. The highest BCUT2D eigenvalue weighted by Crippen LogP contribution is 2.21. The van der Waals surface area contributed by atoms with Crippen molar-refractivity contribution in [3.8, 4) is 0 Å². The van der Waals surface area contributed by atoms with Crippen LogP contribution < -0.4 is 10.6 Å². The maximum atomic E-state index is 11.6. The first kappa shape index (κ1) is 15.1. The SMILES string of the molecule is Cc1ccc(Nc2ccc(NC(=O)C(C)C)cc2)cc1C. The van der Waals surface area contributed by atoms with Crippen molar-refractivity contribution in [2.24, 2.45) is 5.92 Å². The summed E-state index contributed by atoms with van der Waals surface area (Å²) in [6, 6.07) is 14.0. The van der Waals surface area contributed by atoms with Crippen molar-refractivity contribution >= 4 is 23.0 Å². The second-order valence-corrected chi connectivity index (χ2v) is 5.65. The number of nitrogens with one attached hydrogen (secondary N) is 2. The summed E-state index contributed by atoms with van der Waals surface area (Å²) in [5.41, 5.74) is 5.44. The molecule has 2 N–H and O–H groups in total. The molecule has 0 aliphatic rings. The van der Waals surface area contributed by atoms with Gasteiger partial charge in [0.25, 0.3) is 0 Å². The van der Waals surface area contributed by atoms with Crippen molar-refractivity contribution in [3.05, 3.63) is 53.6 Å². The Labute approximate surface area is 126 Å². The molecule has 3 heteroatoms. The Morgan fingerprint density at radius 2 is 1.43 bits per heavy atom. The molecular weight excluding hydrogens is 260 g/mol. The maximum Gasteiger partial charge on any atom is 0.226 e. The molecule has 1 amide bonds. The number of benzene rings is 2. The van der Waals surface area contributed by atoms with Crippen LogP contribution in [0.1, 0.15) is 25.0 Å². The largest absolute Gasteiger partial charge is 0.356 e. The van der Waals surface area contributed by atoms with E-state index >= 15 is 0 Å². The van der Waals surface area contributed by atoms with E-state index in [-0.39, 0.29) is 11.8 Å². The van der Waals surface area contributed by atoms with Crippen LogP contribution in [-0.4, -0.2) is 5.91 Å². The van der Waals surface area contributed by atoms with Crippen molar-refractivity contribution in [3.63, 3.8) is 0 Å². The topological polar surface area (TPSA) is 41.1 Å². The van der Waals surface area contributed by atoms with Gasteiger partial charge in [0.1, 0.15) is 0 Å². The molecule has 0 aliphatic heterocycles. The minimum atomic E-state index is -0.0154. The lowest BCUT2D eigenvalue weighted by Gasteiger charge is -2.11. The lowest BCUT2D eigenvalue weighted by Crippen LogP contribution is -2.17. The monoisotopic (exact) mass is 282 g/mol. The first-order valence-corrected chi connectivity index (χ1v) is 7.21. The Bertz CT molecular complexity index is 630. The average Bonchev–Trinajstić information content (AvgIpc) is 2.45. The van der Waals surface area contributed by atoms with Gasteiger partial charge in [-0.1, -0.05) is 19.9 Å². The van der Waals surface area contributed by atoms with E-state index in [0.29, 0.717) is 0 Å². The van der Waals surface area contributed by atoms with E-state index in [1.807, 2.05) is 38.1 Å². The van der Waals surface area contributed by atoms with Gasteiger partial charge in [0.15, 0.2) is 0 Å². The summed E-state index contributed by atoms with van der Waals surface area (Å²) >= 11 is 0. The highest BCUT2D eigenvalue weighted by molar-refractivity contribution is 5.92. The Balaban J connectivity index is 2.05. The minimum Gasteiger partial charge on any atom is -0.356 e. The third-order valence-electron chi connectivity index (χ3n) is 3.47. The van der Waals surface area contributed by atoms with Crippen LogP contribution >= 0.6 is 0 Å². The van der Waals surface area contributed by atoms with Crippen LogP contribution in [0.5, 0.6) is 0 Å². The van der Waals surface area contributed by atoms with Crippen molar-refractivity contribution in [1.29, 1.82) is 0 Å². The van der Waals surface area contributed by atoms with Crippen LogP contribution in [0, 0.1) is 19.8 Å². The van der Waals surface area contributed by atoms with Crippen LogP contribution in [0.15, 0.2) is 42.5 Å². The predicted octanol–water partition coefficient (Wildman–Crippen LogP) is 4.64. The number of amides is 1. The standard InChI is InChI=1S/C18H22N2O/c1-12(2)18(21)20-16-9-7-15(8-10-16)19-17-6-5-13(3)14(4)11-17/h5-12,19H,1-4H3,(H,20,21). The van der Waals surface area contributed by atoms with Gasteiger partial charge in [0.2, 0.25) is 5.91 Å². The Kier molecular flexibility index (Phi) is 4.63. The summed E-state index contributed by atoms with van der Waals surface area (Å²) in [6.07, 6.45) is 0. The van der Waals surface area contributed by atoms with Crippen LogP contribution in [0.25, 0.3) is 0 Å². The Morgan fingerprint density at radius 3 is 2.00 bits per heavy atom. The first-order chi connectivity index (χ1) is 9.95. The number of hydrogen-bond donors (Lipinski definition) is 2. The van der Waals surface area contributed by atoms with Gasteiger partial charge in [-0.2, -0.15) is 0 Å². The molecule has 0 spiro atoms. The predicted molar refractivity (Wildman–Crippen MR) is 89.1 cm³/mol. The lowest BCUT2D eigenvalue weighted by atomic mass is 10.1. The molecule has 0 unspecified atom stereocenters. The molecule has 0 saturated heterocycles. The quantitative estimate of drug-likeness (QED) is 0.857. The zero-order chi connectivity index (χ0) is 15.4. The first-order valence-electron chi connectivity index (χ1n) is 7.21. The van der Waals surface area contributed by atoms with Crippen molar-refractivity contribution in [1.82, 2.24) is 0 Å². The Hall–Kier alpha value is -2.29. The second kappa shape index (κ2) is 6.44. The van der Waals surface area contributed by atoms with Gasteiger partial charge >= 0.3 is 0 Å². The molecule has 0 atom stereocenters. The molecule has 0 bridgehead atoms. The van der Waals surface area contributed by atoms with Gasteiger partial charge in [0.05, 0.1) is 0 Å². The molecule has 2 aromatic carbocycles. The maximum absolute atomic E-state index is 11.6. The second-order valence-electron chi connectivity index (χ2n) is 5.65. The summed E-state index contributed by atoms with van der Waals surface area (Å²) in [5, 5.41) is 6.24. The number of carbonyl (C=O) groups is 1. The third kappa shape index (κ3) is 4.09. The van der Waals surface area contributed by atoms with Gasteiger partial charge in [-0.15, -0.1) is 0 Å². The molecule has 3 nitrogen and oxygen atoms in total. The molecule has 0 radical (unpaired) electrons. The van der Waals surface area contributed by atoms with Crippen LogP contribution in [0.4, 0.5) is 17.1 Å². The molecule has 0 aromatic heterocycles. The van der Waals surface area contributed by atoms with Crippen molar-refractivity contribution in [2.75, 3.05) is 10.6 Å². The summed E-state index contributed by atoms with van der Waals surface area (Å²) < 4.78 is 0. The fraction of sp³-hybridized carbons (Fsp3) is 0.278. The molecule has 21 heavy (non-hydrogen) atoms. The average molecular weight is 282 g/mol. The molecule has 110 valence electrons. The summed E-state index contributed by atoms with van der Waals surface area (Å²) in [4.78, 5) is 11.6. The molecular formula is C18H22N2O. The fourth-order valence-electron chi connectivity index (χ4n) is 1.91. The summed E-state index contributed by atoms with van der Waals surface area (Å²) in [6.45, 7) is 7.96. The van der Waals surface area contributed by atoms with E-state index in [1.54, 1.807) is 0 Å². The van der Waals surface area contributed by atoms with E-state index in [0.717, 1.165) is 17.1 Å². The molecule has 2 aromatic rings. The number of rotatable bonds is 4. The van der Waals surface area contributed by atoms with Crippen LogP contribution in [0.3, 0.4) is 0 Å². The molecule has 0 saturated carbocycles. The zero-order valence-corrected chi connectivity index (χ0v) is 13.0. The van der Waals surface area contributed by atoms with E-state index in [4.69, 9.17) is 0 Å². The molecule has 2 rings (SSSR count). The fourth-order valence-corrected chi connectivity index (χ4v) is 1.91. The third-order valence-corrected chi connectivity index (χ3v) is 3.47. The van der Waals surface area contributed by atoms with Crippen molar-refractivity contribution < 1.29 is 4.79 Å². The zero-order valence-electron chi connectivity index (χ0n) is 13.0. The van der Waals surface area contributed by atoms with Gasteiger partial charge in [-0.25, -0.2) is 0 Å². The smallest absolute Gasteiger partial charge is 0.226 e. The number of anilines is 3. The minimum absolute atomic E-state index is 0.0154. The van der Waals surface area contributed by atoms with E-state index in [1.165, 1.54) is 11.1 Å². The number of carbonyl (C=O) groups excluding carboxylic acids is 1. The molecule has 0 fully saturated rings. The summed E-state index contributed by atoms with van der Waals surface area (Å²) in [7, 11) is 0. The van der Waals surface area contributed by atoms with Gasteiger partial charge in [-0.05, 0) is 61.4 Å². The van der Waals surface area contributed by atoms with Crippen LogP contribution in [-0.2, 0) is 4.79 Å². The summed E-state index contributed by atoms with van der Waals surface area (Å²) in [5.74, 6) is 0.0169. The highest BCUT2D eigenvalue weighted by Gasteiger charge is 2.06. The number of hydrogen-bond acceptors (Lipinski definition) is 2. The van der Waals surface area contributed by atoms with Gasteiger partial charge in [-0.3, -0.25) is 4.79 Å². The van der Waals surface area contributed by atoms with Crippen molar-refractivity contribution in [2.45, 2.75) is 27.7 Å². The van der Waals surface area contributed by atoms with Gasteiger partial charge < -0.3 is 10.6 Å². The molecule has 0 heterocycles. The Morgan fingerprint density at radius 1 is 0.857 bits per heavy atom.